The quantitative estimate of drug-likeness (QED) is 0.806. The zero-order chi connectivity index (χ0) is 13.5. The molecule has 0 fully saturated rings. The molecule has 1 aromatic rings. The lowest BCUT2D eigenvalue weighted by molar-refractivity contribution is -0.117. The third kappa shape index (κ3) is 4.81. The molecule has 0 bridgehead atoms. The smallest absolute Gasteiger partial charge is 0.238 e. The molecule has 0 saturated heterocycles. The second-order valence-electron chi connectivity index (χ2n) is 4.41. The summed E-state index contributed by atoms with van der Waals surface area (Å²) in [6.07, 6.45) is 0. The van der Waals surface area contributed by atoms with E-state index in [0.717, 1.165) is 0 Å². The van der Waals surface area contributed by atoms with Gasteiger partial charge in [-0.05, 0) is 32.0 Å². The van der Waals surface area contributed by atoms with Crippen LogP contribution in [-0.4, -0.2) is 36.5 Å². The Kier molecular flexibility index (Phi) is 5.74. The Morgan fingerprint density at radius 1 is 1.50 bits per heavy atom. The third-order valence-corrected chi connectivity index (χ3v) is 2.60. The number of hydrogen-bond acceptors (Lipinski definition) is 3. The van der Waals surface area contributed by atoms with Gasteiger partial charge in [-0.25, -0.2) is 4.39 Å². The number of carbonyl (C=O) groups is 1. The van der Waals surface area contributed by atoms with Gasteiger partial charge in [-0.1, -0.05) is 6.07 Å². The van der Waals surface area contributed by atoms with Gasteiger partial charge in [-0.3, -0.25) is 9.69 Å². The maximum atomic E-state index is 13.0. The van der Waals surface area contributed by atoms with Gasteiger partial charge in [0.05, 0.1) is 6.54 Å². The van der Waals surface area contributed by atoms with Gasteiger partial charge < -0.3 is 11.1 Å². The molecular weight excluding hydrogens is 233 g/mol. The molecule has 0 aliphatic carbocycles. The van der Waals surface area contributed by atoms with E-state index in [1.165, 1.54) is 12.1 Å². The fourth-order valence-corrected chi connectivity index (χ4v) is 1.64. The Bertz CT molecular complexity index is 396. The van der Waals surface area contributed by atoms with Gasteiger partial charge in [0.15, 0.2) is 0 Å². The first-order valence-electron chi connectivity index (χ1n) is 6.02. The Labute approximate surface area is 107 Å². The topological polar surface area (TPSA) is 58.4 Å². The highest BCUT2D eigenvalue weighted by molar-refractivity contribution is 5.92. The summed E-state index contributed by atoms with van der Waals surface area (Å²) in [4.78, 5) is 13.8. The van der Waals surface area contributed by atoms with Crippen LogP contribution in [-0.2, 0) is 4.79 Å². The average Bonchev–Trinajstić information content (AvgIpc) is 2.28. The fraction of sp³-hybridized carbons (Fsp3) is 0.462. The number of halogens is 1. The normalized spacial score (nSPS) is 11.0. The summed E-state index contributed by atoms with van der Waals surface area (Å²) in [5, 5.41) is 2.67. The number of rotatable bonds is 6. The SMILES string of the molecule is CC(C)N(CCN)CC(=O)Nc1cccc(F)c1. The van der Waals surface area contributed by atoms with Crippen molar-refractivity contribution in [2.75, 3.05) is 25.0 Å². The first-order chi connectivity index (χ1) is 8.52. The molecule has 0 saturated carbocycles. The Morgan fingerprint density at radius 2 is 2.22 bits per heavy atom. The van der Waals surface area contributed by atoms with E-state index in [4.69, 9.17) is 5.73 Å². The molecule has 0 atom stereocenters. The van der Waals surface area contributed by atoms with Gasteiger partial charge in [0.1, 0.15) is 5.82 Å². The highest BCUT2D eigenvalue weighted by Crippen LogP contribution is 2.09. The minimum Gasteiger partial charge on any atom is -0.329 e. The maximum Gasteiger partial charge on any atom is 0.238 e. The lowest BCUT2D eigenvalue weighted by Gasteiger charge is -2.24. The van der Waals surface area contributed by atoms with Crippen molar-refractivity contribution in [3.8, 4) is 0 Å². The highest BCUT2D eigenvalue weighted by Gasteiger charge is 2.13. The first kappa shape index (κ1) is 14.6. The van der Waals surface area contributed by atoms with Crippen LogP contribution in [0.3, 0.4) is 0 Å². The summed E-state index contributed by atoms with van der Waals surface area (Å²) in [6.45, 7) is 5.43. The van der Waals surface area contributed by atoms with Crippen molar-refractivity contribution in [1.82, 2.24) is 4.90 Å². The number of nitrogens with zero attached hydrogens (tertiary/aromatic N) is 1. The number of amides is 1. The summed E-state index contributed by atoms with van der Waals surface area (Å²) < 4.78 is 13.0. The fourth-order valence-electron chi connectivity index (χ4n) is 1.64. The van der Waals surface area contributed by atoms with Crippen LogP contribution in [0.1, 0.15) is 13.8 Å². The van der Waals surface area contributed by atoms with Crippen molar-refractivity contribution in [2.45, 2.75) is 19.9 Å². The van der Waals surface area contributed by atoms with E-state index < -0.39 is 0 Å². The summed E-state index contributed by atoms with van der Waals surface area (Å²) in [5.74, 6) is -0.529. The van der Waals surface area contributed by atoms with Gasteiger partial charge in [-0.2, -0.15) is 0 Å². The average molecular weight is 253 g/mol. The van der Waals surface area contributed by atoms with Crippen molar-refractivity contribution >= 4 is 11.6 Å². The third-order valence-electron chi connectivity index (χ3n) is 2.60. The zero-order valence-electron chi connectivity index (χ0n) is 10.8. The van der Waals surface area contributed by atoms with Crippen LogP contribution < -0.4 is 11.1 Å². The van der Waals surface area contributed by atoms with Crippen molar-refractivity contribution in [1.29, 1.82) is 0 Å². The van der Waals surface area contributed by atoms with Crippen LogP contribution >= 0.6 is 0 Å². The van der Waals surface area contributed by atoms with E-state index in [1.807, 2.05) is 18.7 Å². The predicted molar refractivity (Wildman–Crippen MR) is 70.8 cm³/mol. The number of nitrogens with one attached hydrogen (secondary N) is 1. The van der Waals surface area contributed by atoms with E-state index in [0.29, 0.717) is 18.8 Å². The molecule has 1 rings (SSSR count). The number of hydrogen-bond donors (Lipinski definition) is 2. The molecule has 0 aliphatic heterocycles. The van der Waals surface area contributed by atoms with Gasteiger partial charge in [0, 0.05) is 24.8 Å². The van der Waals surface area contributed by atoms with Crippen LogP contribution in [0.4, 0.5) is 10.1 Å². The Balaban J connectivity index is 2.55. The van der Waals surface area contributed by atoms with Crippen molar-refractivity contribution in [3.63, 3.8) is 0 Å². The molecule has 100 valence electrons. The minimum atomic E-state index is -0.365. The molecule has 0 aromatic heterocycles. The summed E-state index contributed by atoms with van der Waals surface area (Å²) in [6, 6.07) is 6.09. The maximum absolute atomic E-state index is 13.0. The van der Waals surface area contributed by atoms with Crippen LogP contribution in [0.25, 0.3) is 0 Å². The lowest BCUT2D eigenvalue weighted by atomic mass is 10.3. The number of benzene rings is 1. The molecule has 0 radical (unpaired) electrons. The largest absolute Gasteiger partial charge is 0.329 e. The van der Waals surface area contributed by atoms with E-state index in [9.17, 15) is 9.18 Å². The number of nitrogens with two attached hydrogens (primary N) is 1. The summed E-state index contributed by atoms with van der Waals surface area (Å²) in [5.41, 5.74) is 5.96. The number of anilines is 1. The molecule has 0 heterocycles. The molecule has 3 N–H and O–H groups in total. The molecule has 1 aromatic carbocycles. The van der Waals surface area contributed by atoms with E-state index in [1.54, 1.807) is 12.1 Å². The Hall–Kier alpha value is -1.46. The lowest BCUT2D eigenvalue weighted by Crippen LogP contribution is -2.40. The van der Waals surface area contributed by atoms with Gasteiger partial charge in [-0.15, -0.1) is 0 Å². The minimum absolute atomic E-state index is 0.164. The van der Waals surface area contributed by atoms with E-state index in [2.05, 4.69) is 5.32 Å². The summed E-state index contributed by atoms with van der Waals surface area (Å²) >= 11 is 0. The van der Waals surface area contributed by atoms with Gasteiger partial charge in [0.2, 0.25) is 5.91 Å². The molecule has 1 amide bonds. The Morgan fingerprint density at radius 3 is 2.78 bits per heavy atom. The molecule has 18 heavy (non-hydrogen) atoms. The van der Waals surface area contributed by atoms with Crippen LogP contribution in [0.5, 0.6) is 0 Å². The second-order valence-corrected chi connectivity index (χ2v) is 4.41. The van der Waals surface area contributed by atoms with Crippen LogP contribution in [0.2, 0.25) is 0 Å². The second kappa shape index (κ2) is 7.08. The number of carbonyl (C=O) groups excluding carboxylic acids is 1. The highest BCUT2D eigenvalue weighted by atomic mass is 19.1. The standard InChI is InChI=1S/C13H20FN3O/c1-10(2)17(7-6-15)9-13(18)16-12-5-3-4-11(14)8-12/h3-5,8,10H,6-7,9,15H2,1-2H3,(H,16,18). The van der Waals surface area contributed by atoms with Crippen molar-refractivity contribution in [3.05, 3.63) is 30.1 Å². The monoisotopic (exact) mass is 253 g/mol. The predicted octanol–water partition coefficient (Wildman–Crippen LogP) is 1.43. The van der Waals surface area contributed by atoms with E-state index >= 15 is 0 Å². The van der Waals surface area contributed by atoms with E-state index in [-0.39, 0.29) is 24.3 Å². The zero-order valence-corrected chi connectivity index (χ0v) is 10.8. The van der Waals surface area contributed by atoms with Crippen molar-refractivity contribution < 1.29 is 9.18 Å². The first-order valence-corrected chi connectivity index (χ1v) is 6.02. The molecule has 0 unspecified atom stereocenters. The molecule has 4 nitrogen and oxygen atoms in total. The molecule has 0 aliphatic rings. The van der Waals surface area contributed by atoms with Gasteiger partial charge in [0.25, 0.3) is 0 Å². The molecule has 5 heteroatoms. The van der Waals surface area contributed by atoms with Crippen molar-refractivity contribution in [2.24, 2.45) is 5.73 Å². The van der Waals surface area contributed by atoms with Crippen LogP contribution in [0, 0.1) is 5.82 Å². The molecular formula is C13H20FN3O. The van der Waals surface area contributed by atoms with Gasteiger partial charge >= 0.3 is 0 Å². The summed E-state index contributed by atoms with van der Waals surface area (Å²) in [7, 11) is 0. The molecule has 0 spiro atoms. The van der Waals surface area contributed by atoms with Crippen LogP contribution in [0.15, 0.2) is 24.3 Å².